The number of fused-ring (bicyclic) bond motifs is 1. The van der Waals surface area contributed by atoms with E-state index in [0.717, 1.165) is 11.6 Å². The summed E-state index contributed by atoms with van der Waals surface area (Å²) in [6, 6.07) is 10.4. The number of hydrogen-bond donors (Lipinski definition) is 1. The van der Waals surface area contributed by atoms with Crippen molar-refractivity contribution >= 4 is 10.0 Å². The van der Waals surface area contributed by atoms with E-state index in [0.29, 0.717) is 31.1 Å². The van der Waals surface area contributed by atoms with E-state index in [9.17, 15) is 12.8 Å². The normalized spacial score (nSPS) is 13.8. The zero-order valence-electron chi connectivity index (χ0n) is 12.3. The maximum Gasteiger partial charge on any atom is 0.240 e. The number of benzene rings is 2. The van der Waals surface area contributed by atoms with Crippen molar-refractivity contribution in [3.63, 3.8) is 0 Å². The van der Waals surface area contributed by atoms with Gasteiger partial charge in [-0.05, 0) is 42.3 Å². The van der Waals surface area contributed by atoms with Crippen LogP contribution in [0, 0.1) is 5.82 Å². The lowest BCUT2D eigenvalue weighted by Crippen LogP contribution is -2.26. The second-order valence-corrected chi connectivity index (χ2v) is 6.85. The quantitative estimate of drug-likeness (QED) is 0.908. The Morgan fingerprint density at radius 1 is 1.04 bits per heavy atom. The summed E-state index contributed by atoms with van der Waals surface area (Å²) in [6.45, 7) is 1.24. The van der Waals surface area contributed by atoms with Gasteiger partial charge in [-0.2, -0.15) is 0 Å². The van der Waals surface area contributed by atoms with E-state index in [1.807, 2.05) is 18.2 Å². The minimum Gasteiger partial charge on any atom is -0.486 e. The van der Waals surface area contributed by atoms with Crippen molar-refractivity contribution in [2.24, 2.45) is 0 Å². The molecule has 0 radical (unpaired) electrons. The summed E-state index contributed by atoms with van der Waals surface area (Å²) < 4.78 is 50.7. The standard InChI is InChI=1S/C16H16FNO4S/c17-13-2-1-3-14(11-13)23(19,20)18-7-6-12-4-5-15-16(10-12)22-9-8-21-15/h1-5,10-11,18H,6-9H2. The molecule has 0 atom stereocenters. The first kappa shape index (κ1) is 15.8. The van der Waals surface area contributed by atoms with Crippen molar-refractivity contribution in [3.05, 3.63) is 53.8 Å². The SMILES string of the molecule is O=S(=O)(NCCc1ccc2c(c1)OCCO2)c1cccc(F)c1. The number of halogens is 1. The zero-order chi connectivity index (χ0) is 16.3. The van der Waals surface area contributed by atoms with Crippen LogP contribution < -0.4 is 14.2 Å². The molecule has 0 fully saturated rings. The molecule has 7 heteroatoms. The van der Waals surface area contributed by atoms with Crippen molar-refractivity contribution in [1.82, 2.24) is 4.72 Å². The molecule has 1 aliphatic rings. The van der Waals surface area contributed by atoms with Gasteiger partial charge in [0.05, 0.1) is 4.90 Å². The second kappa shape index (κ2) is 6.55. The van der Waals surface area contributed by atoms with E-state index in [-0.39, 0.29) is 11.4 Å². The minimum atomic E-state index is -3.72. The Morgan fingerprint density at radius 3 is 2.61 bits per heavy atom. The van der Waals surface area contributed by atoms with Gasteiger partial charge in [-0.3, -0.25) is 0 Å². The highest BCUT2D eigenvalue weighted by Crippen LogP contribution is 2.30. The lowest BCUT2D eigenvalue weighted by atomic mass is 10.1. The molecule has 122 valence electrons. The van der Waals surface area contributed by atoms with Gasteiger partial charge in [0.15, 0.2) is 11.5 Å². The molecule has 2 aromatic rings. The van der Waals surface area contributed by atoms with Crippen LogP contribution in [0.25, 0.3) is 0 Å². The van der Waals surface area contributed by atoms with Crippen molar-refractivity contribution in [2.45, 2.75) is 11.3 Å². The maximum absolute atomic E-state index is 13.1. The molecule has 5 nitrogen and oxygen atoms in total. The predicted octanol–water partition coefficient (Wildman–Crippen LogP) is 2.12. The molecule has 0 aliphatic carbocycles. The molecule has 0 saturated heterocycles. The number of rotatable bonds is 5. The van der Waals surface area contributed by atoms with E-state index in [2.05, 4.69) is 4.72 Å². The molecule has 0 aromatic heterocycles. The van der Waals surface area contributed by atoms with Gasteiger partial charge in [0, 0.05) is 6.54 Å². The van der Waals surface area contributed by atoms with Crippen molar-refractivity contribution in [1.29, 1.82) is 0 Å². The van der Waals surface area contributed by atoms with Gasteiger partial charge < -0.3 is 9.47 Å². The third kappa shape index (κ3) is 3.80. The van der Waals surface area contributed by atoms with Gasteiger partial charge in [-0.15, -0.1) is 0 Å². The Kier molecular flexibility index (Phi) is 4.49. The average Bonchev–Trinajstić information content (AvgIpc) is 2.54. The van der Waals surface area contributed by atoms with E-state index < -0.39 is 15.8 Å². The van der Waals surface area contributed by atoms with Crippen LogP contribution in [0.1, 0.15) is 5.56 Å². The molecule has 1 heterocycles. The fourth-order valence-corrected chi connectivity index (χ4v) is 3.35. The van der Waals surface area contributed by atoms with Gasteiger partial charge in [0.25, 0.3) is 0 Å². The van der Waals surface area contributed by atoms with Crippen LogP contribution in [-0.4, -0.2) is 28.2 Å². The van der Waals surface area contributed by atoms with Crippen LogP contribution in [0.4, 0.5) is 4.39 Å². The Hall–Kier alpha value is -2.12. The molecule has 2 aromatic carbocycles. The van der Waals surface area contributed by atoms with E-state index in [1.165, 1.54) is 18.2 Å². The van der Waals surface area contributed by atoms with Gasteiger partial charge >= 0.3 is 0 Å². The molecule has 0 spiro atoms. The summed E-state index contributed by atoms with van der Waals surface area (Å²) >= 11 is 0. The summed E-state index contributed by atoms with van der Waals surface area (Å²) in [5.74, 6) is 0.779. The Morgan fingerprint density at radius 2 is 1.83 bits per heavy atom. The number of nitrogens with one attached hydrogen (secondary N) is 1. The van der Waals surface area contributed by atoms with Crippen LogP contribution in [0.15, 0.2) is 47.4 Å². The molecule has 1 N–H and O–H groups in total. The zero-order valence-corrected chi connectivity index (χ0v) is 13.1. The fraction of sp³-hybridized carbons (Fsp3) is 0.250. The first-order valence-corrected chi connectivity index (χ1v) is 8.67. The monoisotopic (exact) mass is 337 g/mol. The molecule has 0 saturated carbocycles. The smallest absolute Gasteiger partial charge is 0.240 e. The highest BCUT2D eigenvalue weighted by atomic mass is 32.2. The fourth-order valence-electron chi connectivity index (χ4n) is 2.29. The average molecular weight is 337 g/mol. The van der Waals surface area contributed by atoms with Gasteiger partial charge in [-0.25, -0.2) is 17.5 Å². The molecule has 0 amide bonds. The first-order chi connectivity index (χ1) is 11.0. The van der Waals surface area contributed by atoms with E-state index in [1.54, 1.807) is 0 Å². The molecular formula is C16H16FNO4S. The third-order valence-electron chi connectivity index (χ3n) is 3.42. The third-order valence-corrected chi connectivity index (χ3v) is 4.88. The molecule has 1 aliphatic heterocycles. The summed E-state index contributed by atoms with van der Waals surface area (Å²) in [5.41, 5.74) is 0.927. The lowest BCUT2D eigenvalue weighted by molar-refractivity contribution is 0.171. The highest BCUT2D eigenvalue weighted by Gasteiger charge is 2.15. The second-order valence-electron chi connectivity index (χ2n) is 5.08. The van der Waals surface area contributed by atoms with Crippen molar-refractivity contribution in [2.75, 3.05) is 19.8 Å². The number of sulfonamides is 1. The molecule has 23 heavy (non-hydrogen) atoms. The maximum atomic E-state index is 13.1. The lowest BCUT2D eigenvalue weighted by Gasteiger charge is -2.18. The molecule has 0 bridgehead atoms. The number of ether oxygens (including phenoxy) is 2. The van der Waals surface area contributed by atoms with Crippen LogP contribution in [0.5, 0.6) is 11.5 Å². The van der Waals surface area contributed by atoms with Crippen LogP contribution in [0.3, 0.4) is 0 Å². The number of hydrogen-bond acceptors (Lipinski definition) is 4. The Bertz CT molecular complexity index is 807. The van der Waals surface area contributed by atoms with Crippen LogP contribution >= 0.6 is 0 Å². The molecular weight excluding hydrogens is 321 g/mol. The Balaban J connectivity index is 1.63. The first-order valence-electron chi connectivity index (χ1n) is 7.18. The van der Waals surface area contributed by atoms with Crippen LogP contribution in [0.2, 0.25) is 0 Å². The summed E-state index contributed by atoms with van der Waals surface area (Å²) in [6.07, 6.45) is 0.491. The van der Waals surface area contributed by atoms with Crippen LogP contribution in [-0.2, 0) is 16.4 Å². The molecule has 3 rings (SSSR count). The summed E-state index contributed by atoms with van der Waals surface area (Å²) in [5, 5.41) is 0. The predicted molar refractivity (Wildman–Crippen MR) is 82.7 cm³/mol. The van der Waals surface area contributed by atoms with Gasteiger partial charge in [0.2, 0.25) is 10.0 Å². The minimum absolute atomic E-state index is 0.0836. The summed E-state index contributed by atoms with van der Waals surface area (Å²) in [4.78, 5) is -0.0836. The van der Waals surface area contributed by atoms with Gasteiger partial charge in [0.1, 0.15) is 19.0 Å². The van der Waals surface area contributed by atoms with E-state index >= 15 is 0 Å². The Labute approximate surface area is 134 Å². The molecule has 0 unspecified atom stereocenters. The van der Waals surface area contributed by atoms with Gasteiger partial charge in [-0.1, -0.05) is 12.1 Å². The summed E-state index contributed by atoms with van der Waals surface area (Å²) in [7, 11) is -3.72. The highest BCUT2D eigenvalue weighted by molar-refractivity contribution is 7.89. The van der Waals surface area contributed by atoms with Crippen molar-refractivity contribution < 1.29 is 22.3 Å². The van der Waals surface area contributed by atoms with Crippen molar-refractivity contribution in [3.8, 4) is 11.5 Å². The topological polar surface area (TPSA) is 64.6 Å². The largest absolute Gasteiger partial charge is 0.486 e. The van der Waals surface area contributed by atoms with E-state index in [4.69, 9.17) is 9.47 Å².